The maximum absolute atomic E-state index is 12.5. The molecule has 0 atom stereocenters. The molecular weight excluding hydrogens is 410 g/mol. The van der Waals surface area contributed by atoms with Gasteiger partial charge in [0.1, 0.15) is 5.00 Å². The fourth-order valence-electron chi connectivity index (χ4n) is 3.01. The largest absolute Gasteiger partial charge is 0.462 e. The molecule has 2 aromatic heterocycles. The van der Waals surface area contributed by atoms with Crippen molar-refractivity contribution in [2.75, 3.05) is 19.0 Å². The number of para-hydroxylation sites is 2. The number of nitrogens with zero attached hydrogens (tertiary/aromatic N) is 1. The highest BCUT2D eigenvalue weighted by Gasteiger charge is 2.26. The van der Waals surface area contributed by atoms with Crippen molar-refractivity contribution in [1.82, 2.24) is 9.88 Å². The second-order valence-electron chi connectivity index (χ2n) is 6.35. The molecule has 30 heavy (non-hydrogen) atoms. The molecule has 10 heteroatoms. The van der Waals surface area contributed by atoms with E-state index in [0.717, 1.165) is 11.3 Å². The highest BCUT2D eigenvalue weighted by Crippen LogP contribution is 2.34. The summed E-state index contributed by atoms with van der Waals surface area (Å²) in [6, 6.07) is 6.93. The maximum atomic E-state index is 12.5. The molecule has 0 saturated heterocycles. The molecule has 0 aliphatic rings. The normalized spacial score (nSPS) is 10.8. The molecule has 2 N–H and O–H groups in total. The lowest BCUT2D eigenvalue weighted by Gasteiger charge is -2.07. The second kappa shape index (κ2) is 8.95. The molecule has 158 valence electrons. The van der Waals surface area contributed by atoms with E-state index in [-0.39, 0.29) is 36.0 Å². The number of esters is 1. The Bertz CT molecular complexity index is 1170. The Balaban J connectivity index is 1.81. The predicted molar refractivity (Wildman–Crippen MR) is 112 cm³/mol. The number of hydrogen-bond acceptors (Lipinski definition) is 7. The van der Waals surface area contributed by atoms with Gasteiger partial charge in [-0.1, -0.05) is 12.1 Å². The van der Waals surface area contributed by atoms with E-state index in [0.29, 0.717) is 21.5 Å². The van der Waals surface area contributed by atoms with Crippen molar-refractivity contribution in [3.63, 3.8) is 0 Å². The molecular formula is C20H21N3O6S. The van der Waals surface area contributed by atoms with Crippen molar-refractivity contribution in [2.45, 2.75) is 26.8 Å². The first-order valence-corrected chi connectivity index (χ1v) is 10.1. The van der Waals surface area contributed by atoms with Gasteiger partial charge in [-0.25, -0.2) is 9.59 Å². The van der Waals surface area contributed by atoms with Gasteiger partial charge in [0.15, 0.2) is 5.58 Å². The van der Waals surface area contributed by atoms with Crippen molar-refractivity contribution in [3.8, 4) is 0 Å². The molecule has 0 aliphatic heterocycles. The molecule has 0 fully saturated rings. The minimum atomic E-state index is -0.617. The summed E-state index contributed by atoms with van der Waals surface area (Å²) < 4.78 is 11.6. The van der Waals surface area contributed by atoms with Gasteiger partial charge in [0.05, 0.1) is 22.6 Å². The number of ether oxygens (including phenoxy) is 1. The first-order chi connectivity index (χ1) is 14.4. The van der Waals surface area contributed by atoms with E-state index in [1.165, 1.54) is 11.6 Å². The highest BCUT2D eigenvalue weighted by atomic mass is 32.1. The molecule has 3 rings (SSSR count). The Labute approximate surface area is 175 Å². The molecule has 0 spiro atoms. The zero-order chi connectivity index (χ0) is 21.8. The van der Waals surface area contributed by atoms with Crippen LogP contribution >= 0.6 is 11.3 Å². The number of rotatable bonds is 7. The van der Waals surface area contributed by atoms with E-state index in [1.807, 2.05) is 0 Å². The lowest BCUT2D eigenvalue weighted by atomic mass is 10.1. The van der Waals surface area contributed by atoms with Crippen molar-refractivity contribution >= 4 is 45.2 Å². The molecule has 0 radical (unpaired) electrons. The van der Waals surface area contributed by atoms with Crippen LogP contribution in [0.4, 0.5) is 5.00 Å². The monoisotopic (exact) mass is 431 g/mol. The zero-order valence-corrected chi connectivity index (χ0v) is 17.6. The number of thiophene rings is 1. The van der Waals surface area contributed by atoms with E-state index in [2.05, 4.69) is 10.6 Å². The van der Waals surface area contributed by atoms with Crippen LogP contribution in [0.25, 0.3) is 11.1 Å². The summed E-state index contributed by atoms with van der Waals surface area (Å²) in [5, 5.41) is 5.42. The highest BCUT2D eigenvalue weighted by molar-refractivity contribution is 7.18. The van der Waals surface area contributed by atoms with Crippen molar-refractivity contribution in [3.05, 3.63) is 50.8 Å². The molecule has 9 nitrogen and oxygen atoms in total. The number of anilines is 1. The number of nitrogens with one attached hydrogen (secondary N) is 2. The topological polar surface area (TPSA) is 120 Å². The number of carbonyl (C=O) groups excluding carboxylic acids is 3. The van der Waals surface area contributed by atoms with Crippen LogP contribution in [0.2, 0.25) is 0 Å². The third-order valence-electron chi connectivity index (χ3n) is 4.45. The van der Waals surface area contributed by atoms with E-state index in [1.54, 1.807) is 38.1 Å². The van der Waals surface area contributed by atoms with Crippen LogP contribution in [0.15, 0.2) is 33.5 Å². The third-order valence-corrected chi connectivity index (χ3v) is 5.65. The molecule has 0 saturated carbocycles. The quantitative estimate of drug-likeness (QED) is 0.555. The van der Waals surface area contributed by atoms with Gasteiger partial charge in [-0.15, -0.1) is 11.3 Å². The number of fused-ring (bicyclic) bond motifs is 1. The average Bonchev–Trinajstić information content (AvgIpc) is 3.21. The number of hydrogen-bond donors (Lipinski definition) is 2. The van der Waals surface area contributed by atoms with Crippen molar-refractivity contribution in [2.24, 2.45) is 0 Å². The average molecular weight is 431 g/mol. The molecule has 0 aliphatic carbocycles. The minimum absolute atomic E-state index is 0.0298. The predicted octanol–water partition coefficient (Wildman–Crippen LogP) is 2.53. The van der Waals surface area contributed by atoms with Crippen LogP contribution < -0.4 is 16.4 Å². The second-order valence-corrected chi connectivity index (χ2v) is 7.37. The Kier molecular flexibility index (Phi) is 6.36. The van der Waals surface area contributed by atoms with E-state index in [9.17, 15) is 19.2 Å². The number of aromatic nitrogens is 1. The fraction of sp³-hybridized carbons (Fsp3) is 0.300. The molecule has 2 amide bonds. The van der Waals surface area contributed by atoms with Crippen LogP contribution in [0.3, 0.4) is 0 Å². The molecule has 1 aromatic carbocycles. The molecule has 2 heterocycles. The van der Waals surface area contributed by atoms with Gasteiger partial charge < -0.3 is 19.8 Å². The molecule has 0 bridgehead atoms. The van der Waals surface area contributed by atoms with Gasteiger partial charge in [0.2, 0.25) is 5.91 Å². The summed E-state index contributed by atoms with van der Waals surface area (Å²) in [4.78, 5) is 49.4. The minimum Gasteiger partial charge on any atom is -0.462 e. The maximum Gasteiger partial charge on any atom is 0.419 e. The SMILES string of the molecule is CCOC(=O)c1c(NC(=O)CCn2c(=O)oc3ccccc32)sc(C(=O)NC)c1C. The standard InChI is InChI=1S/C20H21N3O6S/c1-4-28-19(26)15-11(2)16(17(25)21-3)30-18(15)22-14(24)9-10-23-12-7-5-6-8-13(12)29-20(23)27/h5-8H,4,9-10H2,1-3H3,(H,21,25)(H,22,24). The fourth-order valence-corrected chi connectivity index (χ4v) is 4.17. The number of carbonyl (C=O) groups is 3. The summed E-state index contributed by atoms with van der Waals surface area (Å²) in [5.41, 5.74) is 1.62. The van der Waals surface area contributed by atoms with Gasteiger partial charge in [-0.05, 0) is 31.5 Å². The van der Waals surface area contributed by atoms with Gasteiger partial charge in [0, 0.05) is 20.0 Å². The van der Waals surface area contributed by atoms with Crippen LogP contribution in [0.5, 0.6) is 0 Å². The zero-order valence-electron chi connectivity index (χ0n) is 16.7. The van der Waals surface area contributed by atoms with Crippen LogP contribution in [-0.2, 0) is 16.1 Å². The Morgan fingerprint density at radius 2 is 1.97 bits per heavy atom. The summed E-state index contributed by atoms with van der Waals surface area (Å²) in [7, 11) is 1.48. The Hall–Kier alpha value is -3.40. The third kappa shape index (κ3) is 4.13. The van der Waals surface area contributed by atoms with Gasteiger partial charge in [-0.2, -0.15) is 0 Å². The molecule has 3 aromatic rings. The molecule has 0 unspecified atom stereocenters. The summed E-state index contributed by atoms with van der Waals surface area (Å²) >= 11 is 0.998. The van der Waals surface area contributed by atoms with Crippen LogP contribution in [0.1, 0.15) is 38.9 Å². The summed E-state index contributed by atoms with van der Waals surface area (Å²) in [6.07, 6.45) is -0.0298. The summed E-state index contributed by atoms with van der Waals surface area (Å²) in [5.74, 6) is -1.94. The lowest BCUT2D eigenvalue weighted by Crippen LogP contribution is -2.20. The van der Waals surface area contributed by atoms with Gasteiger partial charge in [-0.3, -0.25) is 14.2 Å². The first-order valence-electron chi connectivity index (χ1n) is 9.28. The number of oxazole rings is 1. The smallest absolute Gasteiger partial charge is 0.419 e. The lowest BCUT2D eigenvalue weighted by molar-refractivity contribution is -0.116. The number of benzene rings is 1. The van der Waals surface area contributed by atoms with Crippen LogP contribution in [0, 0.1) is 6.92 Å². The van der Waals surface area contributed by atoms with E-state index in [4.69, 9.17) is 9.15 Å². The first kappa shape index (κ1) is 21.3. The van der Waals surface area contributed by atoms with E-state index >= 15 is 0 Å². The van der Waals surface area contributed by atoms with Crippen molar-refractivity contribution < 1.29 is 23.5 Å². The number of amides is 2. The summed E-state index contributed by atoms with van der Waals surface area (Å²) in [6.45, 7) is 3.56. The van der Waals surface area contributed by atoms with Crippen LogP contribution in [-0.4, -0.2) is 36.0 Å². The number of aryl methyl sites for hydroxylation is 1. The Morgan fingerprint density at radius 3 is 2.67 bits per heavy atom. The van der Waals surface area contributed by atoms with E-state index < -0.39 is 17.6 Å². The van der Waals surface area contributed by atoms with Crippen molar-refractivity contribution in [1.29, 1.82) is 0 Å². The van der Waals surface area contributed by atoms with Gasteiger partial charge >= 0.3 is 11.7 Å². The van der Waals surface area contributed by atoms with Gasteiger partial charge in [0.25, 0.3) is 5.91 Å². The Morgan fingerprint density at radius 1 is 1.23 bits per heavy atom.